The molecule has 1 aromatic carbocycles. The molecule has 0 fully saturated rings. The van der Waals surface area contributed by atoms with E-state index in [9.17, 15) is 9.59 Å². The van der Waals surface area contributed by atoms with Crippen molar-refractivity contribution in [3.63, 3.8) is 0 Å². The van der Waals surface area contributed by atoms with Gasteiger partial charge in [0.2, 0.25) is 5.91 Å². The van der Waals surface area contributed by atoms with Crippen molar-refractivity contribution in [2.45, 2.75) is 6.92 Å². The minimum absolute atomic E-state index is 0.00116. The summed E-state index contributed by atoms with van der Waals surface area (Å²) in [7, 11) is 0. The molecule has 0 saturated heterocycles. The number of hydrogen-bond acceptors (Lipinski definition) is 3. The maximum atomic E-state index is 10.7. The molecule has 2 N–H and O–H groups in total. The Morgan fingerprint density at radius 2 is 1.70 bits per heavy atom. The molecule has 5 nitrogen and oxygen atoms in total. The number of para-hydroxylation sites is 1. The van der Waals surface area contributed by atoms with Gasteiger partial charge in [-0.15, -0.1) is 0 Å². The molecule has 0 bridgehead atoms. The summed E-state index contributed by atoms with van der Waals surface area (Å²) in [5.41, 5.74) is 4.91. The standard InChI is InChI=1S/C9H9NO4.C6H4/c1-6(11)10-14-8-5-3-2-4-7(8)9(12)13;1-2-5-4-6(5)3-1/h2-5H,1H3,(H,10,11)(H,12,13);1-4H. The van der Waals surface area contributed by atoms with Gasteiger partial charge in [-0.25, -0.2) is 4.79 Å². The quantitative estimate of drug-likeness (QED) is 0.717. The van der Waals surface area contributed by atoms with Crippen molar-refractivity contribution in [1.82, 2.24) is 5.48 Å². The first-order valence-corrected chi connectivity index (χ1v) is 5.94. The number of fused-ring (bicyclic) bond motifs is 1. The van der Waals surface area contributed by atoms with Gasteiger partial charge in [-0.05, 0) is 29.3 Å². The molecule has 0 saturated carbocycles. The monoisotopic (exact) mass is 271 g/mol. The fourth-order valence-electron chi connectivity index (χ4n) is 1.53. The van der Waals surface area contributed by atoms with Crippen molar-refractivity contribution in [1.29, 1.82) is 0 Å². The second-order valence-corrected chi connectivity index (χ2v) is 4.14. The summed E-state index contributed by atoms with van der Waals surface area (Å²) < 4.78 is 0. The third-order valence-corrected chi connectivity index (χ3v) is 2.53. The molecular weight excluding hydrogens is 258 g/mol. The van der Waals surface area contributed by atoms with Crippen molar-refractivity contribution in [3.05, 3.63) is 54.1 Å². The minimum Gasteiger partial charge on any atom is -0.478 e. The Morgan fingerprint density at radius 3 is 2.15 bits per heavy atom. The average molecular weight is 271 g/mol. The molecule has 5 heteroatoms. The van der Waals surface area contributed by atoms with Crippen LogP contribution < -0.4 is 10.3 Å². The Kier molecular flexibility index (Phi) is 4.00. The van der Waals surface area contributed by atoms with Crippen LogP contribution >= 0.6 is 0 Å². The molecule has 0 heterocycles. The predicted molar refractivity (Wildman–Crippen MR) is 73.3 cm³/mol. The van der Waals surface area contributed by atoms with Crippen LogP contribution in [0, 0.1) is 0 Å². The number of carboxylic acid groups (broad SMARTS) is 1. The summed E-state index contributed by atoms with van der Waals surface area (Å²) in [4.78, 5) is 26.0. The largest absolute Gasteiger partial charge is 0.478 e. The van der Waals surface area contributed by atoms with Crippen molar-refractivity contribution in [2.24, 2.45) is 0 Å². The van der Waals surface area contributed by atoms with Gasteiger partial charge in [-0.2, -0.15) is 5.48 Å². The van der Waals surface area contributed by atoms with Gasteiger partial charge in [0.05, 0.1) is 0 Å². The van der Waals surface area contributed by atoms with Crippen LogP contribution in [-0.4, -0.2) is 17.0 Å². The summed E-state index contributed by atoms with van der Waals surface area (Å²) in [5.74, 6) is -1.40. The zero-order chi connectivity index (χ0) is 14.5. The van der Waals surface area contributed by atoms with Gasteiger partial charge in [0.25, 0.3) is 0 Å². The molecule has 1 amide bonds. The summed E-state index contributed by atoms with van der Waals surface area (Å²) in [6.45, 7) is 1.27. The van der Waals surface area contributed by atoms with Gasteiger partial charge in [-0.3, -0.25) is 4.79 Å². The van der Waals surface area contributed by atoms with E-state index in [0.717, 1.165) is 0 Å². The van der Waals surface area contributed by atoms with Crippen molar-refractivity contribution in [3.8, 4) is 16.9 Å². The first-order chi connectivity index (χ1) is 9.58. The number of hydroxylamine groups is 1. The van der Waals surface area contributed by atoms with Crippen molar-refractivity contribution < 1.29 is 19.5 Å². The Morgan fingerprint density at radius 1 is 1.05 bits per heavy atom. The van der Waals surface area contributed by atoms with Crippen LogP contribution in [0.2, 0.25) is 0 Å². The number of nitrogens with one attached hydrogen (secondary N) is 1. The highest BCUT2D eigenvalue weighted by Gasteiger charge is 2.10. The molecule has 0 aromatic heterocycles. The molecule has 0 aliphatic heterocycles. The second-order valence-electron chi connectivity index (χ2n) is 4.14. The number of carbonyl (C=O) groups excluding carboxylic acids is 1. The number of amides is 1. The molecule has 0 unspecified atom stereocenters. The van der Waals surface area contributed by atoms with Crippen LogP contribution in [0.5, 0.6) is 5.75 Å². The van der Waals surface area contributed by atoms with E-state index in [2.05, 4.69) is 29.7 Å². The van der Waals surface area contributed by atoms with Crippen LogP contribution in [-0.2, 0) is 4.79 Å². The van der Waals surface area contributed by atoms with E-state index in [1.54, 1.807) is 12.1 Å². The van der Waals surface area contributed by atoms with Gasteiger partial charge < -0.3 is 9.94 Å². The summed E-state index contributed by atoms with van der Waals surface area (Å²) in [6.07, 6.45) is 0. The van der Waals surface area contributed by atoms with Crippen LogP contribution in [0.4, 0.5) is 0 Å². The van der Waals surface area contributed by atoms with E-state index < -0.39 is 11.9 Å². The molecule has 1 aromatic rings. The highest BCUT2D eigenvalue weighted by atomic mass is 16.7. The molecule has 2 aliphatic rings. The summed E-state index contributed by atoms with van der Waals surface area (Å²) in [6, 6.07) is 14.5. The van der Waals surface area contributed by atoms with Crippen LogP contribution in [0.3, 0.4) is 0 Å². The summed E-state index contributed by atoms with van der Waals surface area (Å²) >= 11 is 0. The zero-order valence-electron chi connectivity index (χ0n) is 10.8. The van der Waals surface area contributed by atoms with Crippen LogP contribution in [0.25, 0.3) is 11.1 Å². The number of carbonyl (C=O) groups is 2. The van der Waals surface area contributed by atoms with E-state index in [1.165, 1.54) is 30.2 Å². The molecule has 20 heavy (non-hydrogen) atoms. The molecule has 0 radical (unpaired) electrons. The smallest absolute Gasteiger partial charge is 0.339 e. The van der Waals surface area contributed by atoms with Crippen molar-refractivity contribution in [2.75, 3.05) is 0 Å². The van der Waals surface area contributed by atoms with Crippen molar-refractivity contribution >= 4 is 11.9 Å². The van der Waals surface area contributed by atoms with Gasteiger partial charge in [-0.1, -0.05) is 30.3 Å². The fraction of sp³-hybridized carbons (Fsp3) is 0.0667. The lowest BCUT2D eigenvalue weighted by Gasteiger charge is -2.06. The lowest BCUT2D eigenvalue weighted by molar-refractivity contribution is -0.125. The SMILES string of the molecule is CC(=O)NOc1ccccc1C(=O)O.c1cc2cc-2c1. The molecule has 3 rings (SSSR count). The highest BCUT2D eigenvalue weighted by Crippen LogP contribution is 2.32. The maximum Gasteiger partial charge on any atom is 0.339 e. The number of rotatable bonds is 3. The Balaban J connectivity index is 0.000000198. The van der Waals surface area contributed by atoms with E-state index in [-0.39, 0.29) is 11.3 Å². The van der Waals surface area contributed by atoms with E-state index >= 15 is 0 Å². The third-order valence-electron chi connectivity index (χ3n) is 2.53. The van der Waals surface area contributed by atoms with E-state index in [1.807, 2.05) is 0 Å². The first-order valence-electron chi connectivity index (χ1n) is 5.94. The Bertz CT molecular complexity index is 635. The number of aromatic carboxylic acids is 1. The lowest BCUT2D eigenvalue weighted by atomic mass is 10.2. The highest BCUT2D eigenvalue weighted by molar-refractivity contribution is 5.90. The Hall–Kier alpha value is -2.82. The molecule has 102 valence electrons. The predicted octanol–water partition coefficient (Wildman–Crippen LogP) is 2.48. The number of benzene rings is 2. The summed E-state index contributed by atoms with van der Waals surface area (Å²) in [5, 5.41) is 8.74. The van der Waals surface area contributed by atoms with Gasteiger partial charge in [0.15, 0.2) is 5.75 Å². The minimum atomic E-state index is -1.11. The number of hydrogen-bond donors (Lipinski definition) is 2. The second kappa shape index (κ2) is 5.88. The first kappa shape index (κ1) is 13.6. The van der Waals surface area contributed by atoms with E-state index in [0.29, 0.717) is 0 Å². The zero-order valence-corrected chi connectivity index (χ0v) is 10.8. The fourth-order valence-corrected chi connectivity index (χ4v) is 1.53. The van der Waals surface area contributed by atoms with Crippen LogP contribution in [0.1, 0.15) is 17.3 Å². The Labute approximate surface area is 115 Å². The van der Waals surface area contributed by atoms with E-state index in [4.69, 9.17) is 9.94 Å². The molecule has 0 atom stereocenters. The van der Waals surface area contributed by atoms with Gasteiger partial charge >= 0.3 is 5.97 Å². The number of carboxylic acids is 1. The normalized spacial score (nSPS) is 9.85. The molecule has 0 spiro atoms. The molecular formula is C15H13NO4. The lowest BCUT2D eigenvalue weighted by Crippen LogP contribution is -2.24. The van der Waals surface area contributed by atoms with Gasteiger partial charge in [0, 0.05) is 6.92 Å². The topological polar surface area (TPSA) is 75.6 Å². The molecule has 2 aliphatic carbocycles. The van der Waals surface area contributed by atoms with Gasteiger partial charge in [0.1, 0.15) is 5.56 Å². The average Bonchev–Trinajstić information content (AvgIpc) is 3.03. The third kappa shape index (κ3) is 3.58. The van der Waals surface area contributed by atoms with Crippen LogP contribution in [0.15, 0.2) is 48.5 Å². The maximum absolute atomic E-state index is 10.7.